The summed E-state index contributed by atoms with van der Waals surface area (Å²) in [5.74, 6) is 0.211. The summed E-state index contributed by atoms with van der Waals surface area (Å²) in [5.41, 5.74) is -2.34. The molecule has 0 unspecified atom stereocenters. The van der Waals surface area contributed by atoms with Crippen LogP contribution in [0.3, 0.4) is 0 Å². The first kappa shape index (κ1) is 15.0. The maximum absolute atomic E-state index is 12.7. The van der Waals surface area contributed by atoms with Crippen molar-refractivity contribution in [2.45, 2.75) is 36.4 Å². The molecule has 6 nitrogen and oxygen atoms in total. The van der Waals surface area contributed by atoms with E-state index in [-0.39, 0.29) is 18.8 Å². The van der Waals surface area contributed by atoms with Gasteiger partial charge in [0, 0.05) is 6.54 Å². The van der Waals surface area contributed by atoms with Crippen LogP contribution in [0.1, 0.15) is 19.8 Å². The highest BCUT2D eigenvalue weighted by atomic mass is 32.2. The molecular weight excluding hydrogens is 297 g/mol. The Morgan fingerprint density at radius 2 is 1.85 bits per heavy atom. The molecule has 0 amide bonds. The van der Waals surface area contributed by atoms with E-state index in [0.717, 1.165) is 12.4 Å². The van der Waals surface area contributed by atoms with Gasteiger partial charge >= 0.3 is 6.18 Å². The number of anilines is 1. The lowest BCUT2D eigenvalue weighted by Crippen LogP contribution is -2.47. The minimum Gasteiger partial charge on any atom is -0.355 e. The third kappa shape index (κ3) is 2.85. The first-order valence-electron chi connectivity index (χ1n) is 5.87. The van der Waals surface area contributed by atoms with Crippen molar-refractivity contribution in [1.29, 1.82) is 0 Å². The zero-order chi connectivity index (χ0) is 15.0. The lowest BCUT2D eigenvalue weighted by molar-refractivity contribution is -0.160. The van der Waals surface area contributed by atoms with Gasteiger partial charge < -0.3 is 5.32 Å². The van der Waals surface area contributed by atoms with Crippen LogP contribution < -0.4 is 10.0 Å². The van der Waals surface area contributed by atoms with Crippen molar-refractivity contribution >= 4 is 16.0 Å². The number of sulfonamides is 1. The molecule has 10 heteroatoms. The molecule has 0 radical (unpaired) electrons. The molecule has 1 heterocycles. The van der Waals surface area contributed by atoms with Gasteiger partial charge in [0.15, 0.2) is 0 Å². The molecule has 1 aromatic rings. The third-order valence-electron chi connectivity index (χ3n) is 2.90. The maximum Gasteiger partial charge on any atom is 0.407 e. The summed E-state index contributed by atoms with van der Waals surface area (Å²) in [5, 5.41) is 2.75. The molecule has 1 aliphatic carbocycles. The second-order valence-corrected chi connectivity index (χ2v) is 6.14. The molecule has 1 aromatic heterocycles. The Hall–Kier alpha value is -1.42. The second-order valence-electron chi connectivity index (χ2n) is 4.46. The molecule has 0 saturated heterocycles. The third-order valence-corrected chi connectivity index (χ3v) is 4.39. The number of aromatic nitrogens is 2. The number of alkyl halides is 3. The van der Waals surface area contributed by atoms with Crippen molar-refractivity contribution in [2.75, 3.05) is 11.9 Å². The average molecular weight is 310 g/mol. The number of nitrogens with one attached hydrogen (secondary N) is 2. The van der Waals surface area contributed by atoms with Crippen LogP contribution in [-0.4, -0.2) is 36.6 Å². The van der Waals surface area contributed by atoms with Crippen molar-refractivity contribution in [3.05, 3.63) is 12.4 Å². The molecule has 0 bridgehead atoms. The van der Waals surface area contributed by atoms with Crippen molar-refractivity contribution in [3.8, 4) is 0 Å². The molecule has 20 heavy (non-hydrogen) atoms. The quantitative estimate of drug-likeness (QED) is 0.856. The van der Waals surface area contributed by atoms with Crippen LogP contribution in [0.2, 0.25) is 0 Å². The van der Waals surface area contributed by atoms with Crippen LogP contribution in [0, 0.1) is 0 Å². The summed E-state index contributed by atoms with van der Waals surface area (Å²) in [6.07, 6.45) is -3.18. The van der Waals surface area contributed by atoms with E-state index in [4.69, 9.17) is 0 Å². The van der Waals surface area contributed by atoms with Gasteiger partial charge in [-0.15, -0.1) is 0 Å². The topological polar surface area (TPSA) is 84.0 Å². The molecule has 1 fully saturated rings. The van der Waals surface area contributed by atoms with Crippen LogP contribution in [0.15, 0.2) is 17.3 Å². The summed E-state index contributed by atoms with van der Waals surface area (Å²) < 4.78 is 63.7. The lowest BCUT2D eigenvalue weighted by atomic mass is 10.3. The Labute approximate surface area is 113 Å². The minimum absolute atomic E-state index is 0.211. The maximum atomic E-state index is 12.7. The number of nitrogens with zero attached hydrogens (tertiary/aromatic N) is 2. The van der Waals surface area contributed by atoms with Crippen LogP contribution in [-0.2, 0) is 10.0 Å². The molecule has 2 rings (SSSR count). The van der Waals surface area contributed by atoms with Gasteiger partial charge in [-0.05, 0) is 19.8 Å². The number of hydrogen-bond acceptors (Lipinski definition) is 5. The van der Waals surface area contributed by atoms with E-state index in [9.17, 15) is 21.6 Å². The molecule has 1 aliphatic rings. The monoisotopic (exact) mass is 310 g/mol. The van der Waals surface area contributed by atoms with Gasteiger partial charge in [-0.3, -0.25) is 0 Å². The molecule has 112 valence electrons. The van der Waals surface area contributed by atoms with E-state index in [1.165, 1.54) is 0 Å². The van der Waals surface area contributed by atoms with E-state index in [1.54, 1.807) is 11.6 Å². The fraction of sp³-hybridized carbons (Fsp3) is 0.600. The van der Waals surface area contributed by atoms with E-state index >= 15 is 0 Å². The fourth-order valence-electron chi connectivity index (χ4n) is 1.59. The normalized spacial score (nSPS) is 17.8. The van der Waals surface area contributed by atoms with E-state index < -0.39 is 26.6 Å². The average Bonchev–Trinajstić information content (AvgIpc) is 3.10. The highest BCUT2D eigenvalue weighted by Gasteiger charge is 2.65. The van der Waals surface area contributed by atoms with E-state index in [1.807, 2.05) is 0 Å². The van der Waals surface area contributed by atoms with E-state index in [2.05, 4.69) is 15.3 Å². The van der Waals surface area contributed by atoms with Crippen molar-refractivity contribution in [1.82, 2.24) is 14.7 Å². The van der Waals surface area contributed by atoms with Gasteiger partial charge in [-0.25, -0.2) is 18.4 Å². The standard InChI is InChI=1S/C10H13F3N4O2S/c1-2-14-8-15-5-7(6-16-8)20(18,19)17-9(3-4-9)10(11,12)13/h5-6,17H,2-4H2,1H3,(H,14,15,16). The Kier molecular flexibility index (Phi) is 3.63. The Morgan fingerprint density at radius 1 is 1.30 bits per heavy atom. The smallest absolute Gasteiger partial charge is 0.355 e. The molecule has 0 atom stereocenters. The molecular formula is C10H13F3N4O2S. The zero-order valence-corrected chi connectivity index (χ0v) is 11.3. The number of hydrogen-bond donors (Lipinski definition) is 2. The first-order chi connectivity index (χ1) is 9.20. The largest absolute Gasteiger partial charge is 0.407 e. The van der Waals surface area contributed by atoms with E-state index in [0.29, 0.717) is 6.54 Å². The number of halogens is 3. The molecule has 0 aliphatic heterocycles. The van der Waals surface area contributed by atoms with Gasteiger partial charge in [-0.2, -0.15) is 17.9 Å². The van der Waals surface area contributed by atoms with Gasteiger partial charge in [0.2, 0.25) is 16.0 Å². The first-order valence-corrected chi connectivity index (χ1v) is 7.35. The molecule has 0 spiro atoms. The minimum atomic E-state index is -4.61. The molecule has 2 N–H and O–H groups in total. The fourth-order valence-corrected chi connectivity index (χ4v) is 2.92. The SMILES string of the molecule is CCNc1ncc(S(=O)(=O)NC2(C(F)(F)F)CC2)cn1. The predicted octanol–water partition coefficient (Wildman–Crippen LogP) is 1.28. The van der Waals surface area contributed by atoms with Crippen molar-refractivity contribution < 1.29 is 21.6 Å². The van der Waals surface area contributed by atoms with Gasteiger partial charge in [0.1, 0.15) is 10.4 Å². The van der Waals surface area contributed by atoms with Crippen molar-refractivity contribution in [2.24, 2.45) is 0 Å². The summed E-state index contributed by atoms with van der Waals surface area (Å²) in [7, 11) is -4.29. The Morgan fingerprint density at radius 3 is 2.25 bits per heavy atom. The summed E-state index contributed by atoms with van der Waals surface area (Å²) in [4.78, 5) is 7.06. The Bertz CT molecular complexity index is 582. The van der Waals surface area contributed by atoms with Crippen LogP contribution in [0.25, 0.3) is 0 Å². The van der Waals surface area contributed by atoms with Crippen LogP contribution >= 0.6 is 0 Å². The summed E-state index contributed by atoms with van der Waals surface area (Å²) >= 11 is 0. The highest BCUT2D eigenvalue weighted by molar-refractivity contribution is 7.89. The lowest BCUT2D eigenvalue weighted by Gasteiger charge is -2.20. The highest BCUT2D eigenvalue weighted by Crippen LogP contribution is 2.49. The molecule has 1 saturated carbocycles. The van der Waals surface area contributed by atoms with Gasteiger partial charge in [0.25, 0.3) is 0 Å². The zero-order valence-electron chi connectivity index (χ0n) is 10.5. The predicted molar refractivity (Wildman–Crippen MR) is 64.5 cm³/mol. The summed E-state index contributed by atoms with van der Waals surface area (Å²) in [6, 6.07) is 0. The number of rotatable bonds is 5. The van der Waals surface area contributed by atoms with Gasteiger partial charge in [-0.1, -0.05) is 0 Å². The second kappa shape index (κ2) is 4.85. The van der Waals surface area contributed by atoms with Crippen molar-refractivity contribution in [3.63, 3.8) is 0 Å². The molecule has 0 aromatic carbocycles. The van der Waals surface area contributed by atoms with Gasteiger partial charge in [0.05, 0.1) is 12.4 Å². The van der Waals surface area contributed by atoms with Crippen LogP contribution in [0.5, 0.6) is 0 Å². The van der Waals surface area contributed by atoms with Crippen LogP contribution in [0.4, 0.5) is 19.1 Å². The Balaban J connectivity index is 2.19. The summed E-state index contributed by atoms with van der Waals surface area (Å²) in [6.45, 7) is 2.34.